The average molecular weight is 444 g/mol. The van der Waals surface area contributed by atoms with Gasteiger partial charge in [-0.05, 0) is 49.2 Å². The maximum absolute atomic E-state index is 8.64. The summed E-state index contributed by atoms with van der Waals surface area (Å²) in [6.07, 6.45) is 3.63. The smallest absolute Gasteiger partial charge is 0.221 e. The molecule has 4 N–H and O–H groups in total. The number of aromatic amines is 2. The van der Waals surface area contributed by atoms with Gasteiger partial charge >= 0.3 is 0 Å². The van der Waals surface area contributed by atoms with Crippen molar-refractivity contribution in [3.63, 3.8) is 0 Å². The maximum atomic E-state index is 8.64. The summed E-state index contributed by atoms with van der Waals surface area (Å²) in [4.78, 5) is 7.90. The van der Waals surface area contributed by atoms with Gasteiger partial charge in [0.25, 0.3) is 0 Å². The largest absolute Gasteiger partial charge is 0.424 e. The number of aromatic nitrogens is 3. The van der Waals surface area contributed by atoms with E-state index in [1.807, 2.05) is 30.5 Å². The Morgan fingerprint density at radius 2 is 1.88 bits per heavy atom. The van der Waals surface area contributed by atoms with Crippen molar-refractivity contribution in [3.05, 3.63) is 54.4 Å². The topological polar surface area (TPSA) is 108 Å². The Bertz CT molecular complexity index is 1310. The van der Waals surface area contributed by atoms with E-state index in [2.05, 4.69) is 51.0 Å². The molecule has 4 aromatic rings. The Labute approximate surface area is 192 Å². The molecular formula is C25H29N7O. The summed E-state index contributed by atoms with van der Waals surface area (Å²) in [6.45, 7) is 8.62. The number of piperazine rings is 1. The number of nitrogens with one attached hydrogen (secondary N) is 4. The van der Waals surface area contributed by atoms with Crippen LogP contribution >= 0.6 is 0 Å². The summed E-state index contributed by atoms with van der Waals surface area (Å²) in [5, 5.41) is 26.1. The van der Waals surface area contributed by atoms with Crippen LogP contribution in [0.2, 0.25) is 0 Å². The molecule has 0 atom stereocenters. The van der Waals surface area contributed by atoms with Gasteiger partial charge in [0.05, 0.1) is 18.3 Å². The lowest BCUT2D eigenvalue weighted by atomic mass is 9.97. The molecule has 170 valence electrons. The van der Waals surface area contributed by atoms with E-state index in [1.54, 1.807) is 6.20 Å². The first kappa shape index (κ1) is 21.4. The van der Waals surface area contributed by atoms with E-state index in [4.69, 9.17) is 15.6 Å². The minimum atomic E-state index is -0.0321. The monoisotopic (exact) mass is 443 g/mol. The molecule has 0 saturated carbocycles. The molecule has 1 aliphatic rings. The molecule has 8 heteroatoms. The molecular weight excluding hydrogens is 414 g/mol. The van der Waals surface area contributed by atoms with Gasteiger partial charge in [0.1, 0.15) is 0 Å². The quantitative estimate of drug-likeness (QED) is 0.276. The molecule has 0 spiro atoms. The first-order valence-corrected chi connectivity index (χ1v) is 11.3. The van der Waals surface area contributed by atoms with E-state index in [9.17, 15) is 0 Å². The molecule has 5 rings (SSSR count). The minimum Gasteiger partial charge on any atom is -0.424 e. The highest BCUT2D eigenvalue weighted by molar-refractivity contribution is 6.10. The second-order valence-corrected chi connectivity index (χ2v) is 8.86. The van der Waals surface area contributed by atoms with Crippen LogP contribution in [0, 0.1) is 10.8 Å². The van der Waals surface area contributed by atoms with E-state index < -0.39 is 0 Å². The summed E-state index contributed by atoms with van der Waals surface area (Å²) in [5.74, 6) is 0.0584. The van der Waals surface area contributed by atoms with Crippen LogP contribution in [0.4, 0.5) is 0 Å². The fourth-order valence-electron chi connectivity index (χ4n) is 4.58. The molecule has 33 heavy (non-hydrogen) atoms. The summed E-state index contributed by atoms with van der Waals surface area (Å²) >= 11 is 0. The molecule has 0 amide bonds. The molecule has 0 unspecified atom stereocenters. The standard InChI is InChI=1S/C25H29N7O/c1-16(2)32-10-8-31(9-11-32)15-24(26)33-25(27)20-12-17(13-23-21(20)14-29-30-23)18-4-3-5-22-19(18)6-7-28-22/h3-7,12-14,16,26-28H,8-11,15H2,1-2H3,(H,29,30). The van der Waals surface area contributed by atoms with E-state index in [1.165, 1.54) is 0 Å². The predicted octanol–water partition coefficient (Wildman–Crippen LogP) is 4.06. The number of hydrogen-bond donors (Lipinski definition) is 4. The highest BCUT2D eigenvalue weighted by Gasteiger charge is 2.21. The van der Waals surface area contributed by atoms with Crippen molar-refractivity contribution >= 4 is 33.6 Å². The van der Waals surface area contributed by atoms with Gasteiger partial charge in [0, 0.05) is 60.3 Å². The SMILES string of the molecule is CC(C)N1CCN(CC(=N)OC(=N)c2cc(-c3cccc4[nH]ccc34)cc3[nH]ncc23)CC1. The van der Waals surface area contributed by atoms with Crippen LogP contribution in [0.15, 0.2) is 48.8 Å². The van der Waals surface area contributed by atoms with Gasteiger partial charge in [-0.1, -0.05) is 12.1 Å². The van der Waals surface area contributed by atoms with Crippen LogP contribution in [-0.2, 0) is 4.74 Å². The van der Waals surface area contributed by atoms with E-state index >= 15 is 0 Å². The van der Waals surface area contributed by atoms with Crippen LogP contribution in [0.3, 0.4) is 0 Å². The molecule has 0 radical (unpaired) electrons. The first-order valence-electron chi connectivity index (χ1n) is 11.3. The molecule has 1 fully saturated rings. The lowest BCUT2D eigenvalue weighted by Crippen LogP contribution is -2.50. The van der Waals surface area contributed by atoms with Gasteiger partial charge in [-0.2, -0.15) is 5.10 Å². The number of benzene rings is 2. The molecule has 2 aromatic carbocycles. The van der Waals surface area contributed by atoms with Crippen molar-refractivity contribution in [2.45, 2.75) is 19.9 Å². The highest BCUT2D eigenvalue weighted by atomic mass is 16.5. The van der Waals surface area contributed by atoms with E-state index in [-0.39, 0.29) is 11.8 Å². The van der Waals surface area contributed by atoms with Crippen molar-refractivity contribution in [3.8, 4) is 11.1 Å². The van der Waals surface area contributed by atoms with Crippen molar-refractivity contribution in [2.24, 2.45) is 0 Å². The summed E-state index contributed by atoms with van der Waals surface area (Å²) < 4.78 is 5.72. The third-order valence-corrected chi connectivity index (χ3v) is 6.44. The Morgan fingerprint density at radius 3 is 2.67 bits per heavy atom. The fourth-order valence-corrected chi connectivity index (χ4v) is 4.58. The molecule has 2 aromatic heterocycles. The fraction of sp³-hybridized carbons (Fsp3) is 0.320. The zero-order valence-corrected chi connectivity index (χ0v) is 19.0. The zero-order valence-electron chi connectivity index (χ0n) is 19.0. The molecule has 3 heterocycles. The van der Waals surface area contributed by atoms with Gasteiger partial charge < -0.3 is 9.72 Å². The summed E-state index contributed by atoms with van der Waals surface area (Å²) in [6, 6.07) is 12.7. The van der Waals surface area contributed by atoms with Crippen LogP contribution in [0.25, 0.3) is 32.9 Å². The van der Waals surface area contributed by atoms with Crippen molar-refractivity contribution in [1.29, 1.82) is 10.8 Å². The summed E-state index contributed by atoms with van der Waals surface area (Å²) in [7, 11) is 0. The van der Waals surface area contributed by atoms with Crippen molar-refractivity contribution in [2.75, 3.05) is 32.7 Å². The van der Waals surface area contributed by atoms with E-state index in [0.29, 0.717) is 18.2 Å². The first-order chi connectivity index (χ1) is 16.0. The van der Waals surface area contributed by atoms with Gasteiger partial charge in [-0.15, -0.1) is 0 Å². The van der Waals surface area contributed by atoms with Gasteiger partial charge in [-0.25, -0.2) is 0 Å². The van der Waals surface area contributed by atoms with E-state index in [0.717, 1.165) is 59.1 Å². The third-order valence-electron chi connectivity index (χ3n) is 6.44. The Hall–Kier alpha value is -3.49. The van der Waals surface area contributed by atoms with Crippen LogP contribution < -0.4 is 0 Å². The Balaban J connectivity index is 1.36. The number of fused-ring (bicyclic) bond motifs is 2. The molecule has 8 nitrogen and oxygen atoms in total. The Kier molecular flexibility index (Phi) is 5.70. The van der Waals surface area contributed by atoms with Gasteiger partial charge in [0.15, 0.2) is 0 Å². The molecule has 0 aliphatic carbocycles. The summed E-state index contributed by atoms with van der Waals surface area (Å²) in [5.41, 5.74) is 4.55. The third kappa shape index (κ3) is 4.27. The lowest BCUT2D eigenvalue weighted by Gasteiger charge is -2.36. The van der Waals surface area contributed by atoms with Crippen LogP contribution in [0.5, 0.6) is 0 Å². The zero-order chi connectivity index (χ0) is 22.9. The number of hydrogen-bond acceptors (Lipinski definition) is 6. The second-order valence-electron chi connectivity index (χ2n) is 8.86. The minimum absolute atomic E-state index is 0.0321. The second kappa shape index (κ2) is 8.80. The normalized spacial score (nSPS) is 15.5. The number of rotatable bonds is 5. The molecule has 0 bridgehead atoms. The van der Waals surface area contributed by atoms with Crippen LogP contribution in [-0.4, -0.2) is 75.5 Å². The van der Waals surface area contributed by atoms with Crippen molar-refractivity contribution in [1.82, 2.24) is 25.0 Å². The number of ether oxygens (including phenoxy) is 1. The predicted molar refractivity (Wildman–Crippen MR) is 132 cm³/mol. The maximum Gasteiger partial charge on any atom is 0.221 e. The molecule has 1 aliphatic heterocycles. The van der Waals surface area contributed by atoms with Crippen molar-refractivity contribution < 1.29 is 4.74 Å². The van der Waals surface area contributed by atoms with Gasteiger partial charge in [0.2, 0.25) is 11.8 Å². The molecule has 1 saturated heterocycles. The number of H-pyrrole nitrogens is 2. The van der Waals surface area contributed by atoms with Crippen LogP contribution in [0.1, 0.15) is 19.4 Å². The van der Waals surface area contributed by atoms with Gasteiger partial charge in [-0.3, -0.25) is 25.7 Å². The lowest BCUT2D eigenvalue weighted by molar-refractivity contribution is 0.117. The average Bonchev–Trinajstić information content (AvgIpc) is 3.47. The number of nitrogens with zero attached hydrogens (tertiary/aromatic N) is 3. The highest BCUT2D eigenvalue weighted by Crippen LogP contribution is 2.32. The Morgan fingerprint density at radius 1 is 1.06 bits per heavy atom.